The summed E-state index contributed by atoms with van der Waals surface area (Å²) in [6.45, 7) is 1.73. The minimum absolute atomic E-state index is 0.127. The molecule has 0 spiro atoms. The molecule has 0 saturated carbocycles. The van der Waals surface area contributed by atoms with Crippen molar-refractivity contribution in [3.05, 3.63) is 71.3 Å². The van der Waals surface area contributed by atoms with E-state index in [1.807, 2.05) is 0 Å². The number of benzene rings is 2. The highest BCUT2D eigenvalue weighted by Crippen LogP contribution is 2.14. The van der Waals surface area contributed by atoms with Crippen LogP contribution in [0.3, 0.4) is 0 Å². The van der Waals surface area contributed by atoms with Gasteiger partial charge in [0.1, 0.15) is 17.7 Å². The molecule has 0 fully saturated rings. The topological polar surface area (TPSA) is 49.4 Å². The van der Waals surface area contributed by atoms with Gasteiger partial charge in [0.15, 0.2) is 0 Å². The average Bonchev–Trinajstić information content (AvgIpc) is 2.61. The number of likely N-dealkylation sites (N-methyl/N-ethyl adjacent to an activating group) is 1. The van der Waals surface area contributed by atoms with Gasteiger partial charge in [-0.05, 0) is 36.2 Å². The summed E-state index contributed by atoms with van der Waals surface area (Å²) in [4.78, 5) is 26.0. The zero-order valence-corrected chi connectivity index (χ0v) is 14.1. The zero-order chi connectivity index (χ0) is 18.4. The summed E-state index contributed by atoms with van der Waals surface area (Å²) in [6.07, 6.45) is -0.158. The van der Waals surface area contributed by atoms with E-state index in [4.69, 9.17) is 0 Å². The molecule has 2 rings (SSSR count). The number of carbonyl (C=O) groups is 2. The second kappa shape index (κ2) is 8.37. The molecule has 0 bridgehead atoms. The molecular weight excluding hydrogens is 326 g/mol. The predicted molar refractivity (Wildman–Crippen MR) is 90.6 cm³/mol. The van der Waals surface area contributed by atoms with E-state index in [0.29, 0.717) is 5.56 Å². The van der Waals surface area contributed by atoms with Crippen molar-refractivity contribution in [2.45, 2.75) is 25.9 Å². The first kappa shape index (κ1) is 18.6. The molecule has 6 heteroatoms. The van der Waals surface area contributed by atoms with Crippen LogP contribution in [0.25, 0.3) is 0 Å². The molecule has 25 heavy (non-hydrogen) atoms. The molecule has 2 aromatic rings. The molecule has 132 valence electrons. The average molecular weight is 346 g/mol. The van der Waals surface area contributed by atoms with Crippen molar-refractivity contribution in [1.29, 1.82) is 0 Å². The van der Waals surface area contributed by atoms with Crippen LogP contribution in [0.4, 0.5) is 8.78 Å². The molecule has 1 N–H and O–H groups in total. The van der Waals surface area contributed by atoms with E-state index in [0.717, 1.165) is 0 Å². The highest BCUT2D eigenvalue weighted by Gasteiger charge is 2.26. The van der Waals surface area contributed by atoms with E-state index in [9.17, 15) is 18.4 Å². The monoisotopic (exact) mass is 346 g/mol. The van der Waals surface area contributed by atoms with Gasteiger partial charge >= 0.3 is 0 Å². The molecule has 0 unspecified atom stereocenters. The summed E-state index contributed by atoms with van der Waals surface area (Å²) in [5.74, 6) is -1.56. The fraction of sp³-hybridized carbons (Fsp3) is 0.263. The lowest BCUT2D eigenvalue weighted by Crippen LogP contribution is -2.47. The van der Waals surface area contributed by atoms with Crippen LogP contribution in [0.15, 0.2) is 48.5 Å². The number of rotatable bonds is 6. The van der Waals surface area contributed by atoms with Gasteiger partial charge in [0.25, 0.3) is 0 Å². The van der Waals surface area contributed by atoms with E-state index in [1.54, 1.807) is 31.2 Å². The van der Waals surface area contributed by atoms with Crippen LogP contribution in [-0.4, -0.2) is 29.8 Å². The highest BCUT2D eigenvalue weighted by molar-refractivity contribution is 5.88. The Morgan fingerprint density at radius 2 is 1.72 bits per heavy atom. The standard InChI is InChI=1S/C19H20F2N2O2/c1-13(19(25)22-2)23(12-14-7-9-16(20)10-8-14)18(24)11-15-5-3-4-6-17(15)21/h3-10,13H,11-12H2,1-2H3,(H,22,25)/t13-/m0/s1. The third-order valence-corrected chi connectivity index (χ3v) is 3.98. The van der Waals surface area contributed by atoms with Gasteiger partial charge in [-0.3, -0.25) is 9.59 Å². The third kappa shape index (κ3) is 4.86. The number of hydrogen-bond donors (Lipinski definition) is 1. The van der Waals surface area contributed by atoms with Gasteiger partial charge in [0.2, 0.25) is 11.8 Å². The Morgan fingerprint density at radius 1 is 1.08 bits per heavy atom. The highest BCUT2D eigenvalue weighted by atomic mass is 19.1. The zero-order valence-electron chi connectivity index (χ0n) is 14.1. The fourth-order valence-electron chi connectivity index (χ4n) is 2.48. The summed E-state index contributed by atoms with van der Waals surface area (Å²) < 4.78 is 26.9. The van der Waals surface area contributed by atoms with Gasteiger partial charge in [-0.1, -0.05) is 30.3 Å². The number of nitrogens with one attached hydrogen (secondary N) is 1. The number of nitrogens with zero attached hydrogens (tertiary/aromatic N) is 1. The summed E-state index contributed by atoms with van der Waals surface area (Å²) in [5, 5.41) is 2.50. The van der Waals surface area contributed by atoms with E-state index in [2.05, 4.69) is 5.32 Å². The molecule has 2 amide bonds. The first-order chi connectivity index (χ1) is 11.9. The maximum Gasteiger partial charge on any atom is 0.242 e. The van der Waals surface area contributed by atoms with E-state index < -0.39 is 11.9 Å². The van der Waals surface area contributed by atoms with E-state index in [1.165, 1.54) is 36.2 Å². The Hall–Kier alpha value is -2.76. The number of amides is 2. The third-order valence-electron chi connectivity index (χ3n) is 3.98. The molecule has 0 aliphatic rings. The van der Waals surface area contributed by atoms with Crippen LogP contribution in [0, 0.1) is 11.6 Å². The van der Waals surface area contributed by atoms with Crippen LogP contribution in [0.5, 0.6) is 0 Å². The Morgan fingerprint density at radius 3 is 2.32 bits per heavy atom. The smallest absolute Gasteiger partial charge is 0.242 e. The first-order valence-electron chi connectivity index (χ1n) is 7.91. The molecule has 0 saturated heterocycles. The van der Waals surface area contributed by atoms with E-state index >= 15 is 0 Å². The Bertz CT molecular complexity index is 747. The van der Waals surface area contributed by atoms with Gasteiger partial charge in [0.05, 0.1) is 6.42 Å². The summed E-state index contributed by atoms with van der Waals surface area (Å²) in [5.41, 5.74) is 0.944. The Kier molecular flexibility index (Phi) is 6.22. The number of carbonyl (C=O) groups excluding carboxylic acids is 2. The van der Waals surface area contributed by atoms with Gasteiger partial charge < -0.3 is 10.2 Å². The minimum Gasteiger partial charge on any atom is -0.357 e. The van der Waals surface area contributed by atoms with Crippen molar-refractivity contribution >= 4 is 11.8 Å². The van der Waals surface area contributed by atoms with Gasteiger partial charge in [-0.2, -0.15) is 0 Å². The molecule has 0 aliphatic carbocycles. The van der Waals surface area contributed by atoms with Crippen LogP contribution >= 0.6 is 0 Å². The predicted octanol–water partition coefficient (Wildman–Crippen LogP) is 2.67. The second-order valence-electron chi connectivity index (χ2n) is 5.71. The lowest BCUT2D eigenvalue weighted by Gasteiger charge is -2.28. The normalized spacial score (nSPS) is 11.7. The molecule has 0 radical (unpaired) electrons. The van der Waals surface area contributed by atoms with E-state index in [-0.39, 0.29) is 36.2 Å². The molecule has 0 heterocycles. The number of halogens is 2. The largest absolute Gasteiger partial charge is 0.357 e. The SMILES string of the molecule is CNC(=O)[C@H](C)N(Cc1ccc(F)cc1)C(=O)Cc1ccccc1F. The van der Waals surface area contributed by atoms with Crippen molar-refractivity contribution < 1.29 is 18.4 Å². The van der Waals surface area contributed by atoms with Crippen LogP contribution in [0.2, 0.25) is 0 Å². The number of hydrogen-bond acceptors (Lipinski definition) is 2. The van der Waals surface area contributed by atoms with Crippen LogP contribution in [0.1, 0.15) is 18.1 Å². The van der Waals surface area contributed by atoms with Gasteiger partial charge in [0, 0.05) is 13.6 Å². The maximum atomic E-state index is 13.8. The maximum absolute atomic E-state index is 13.8. The summed E-state index contributed by atoms with van der Waals surface area (Å²) in [7, 11) is 1.48. The first-order valence-corrected chi connectivity index (χ1v) is 7.91. The van der Waals surface area contributed by atoms with Crippen molar-refractivity contribution in [2.24, 2.45) is 0 Å². The Labute approximate surface area is 145 Å². The molecule has 2 aromatic carbocycles. The summed E-state index contributed by atoms with van der Waals surface area (Å²) >= 11 is 0. The van der Waals surface area contributed by atoms with Crippen molar-refractivity contribution in [1.82, 2.24) is 10.2 Å². The lowest BCUT2D eigenvalue weighted by molar-refractivity contribution is -0.139. The summed E-state index contributed by atoms with van der Waals surface area (Å²) in [6, 6.07) is 11.0. The molecular formula is C19H20F2N2O2. The molecule has 0 aromatic heterocycles. The van der Waals surface area contributed by atoms with Crippen LogP contribution in [-0.2, 0) is 22.6 Å². The molecule has 0 aliphatic heterocycles. The molecule has 4 nitrogen and oxygen atoms in total. The molecule has 1 atom stereocenters. The van der Waals surface area contributed by atoms with Crippen molar-refractivity contribution in [3.63, 3.8) is 0 Å². The van der Waals surface area contributed by atoms with Crippen molar-refractivity contribution in [3.8, 4) is 0 Å². The lowest BCUT2D eigenvalue weighted by atomic mass is 10.1. The van der Waals surface area contributed by atoms with Crippen LogP contribution < -0.4 is 5.32 Å². The van der Waals surface area contributed by atoms with Gasteiger partial charge in [-0.15, -0.1) is 0 Å². The van der Waals surface area contributed by atoms with Gasteiger partial charge in [-0.25, -0.2) is 8.78 Å². The second-order valence-corrected chi connectivity index (χ2v) is 5.71. The van der Waals surface area contributed by atoms with Crippen molar-refractivity contribution in [2.75, 3.05) is 7.05 Å². The minimum atomic E-state index is -0.741. The quantitative estimate of drug-likeness (QED) is 0.874. The Balaban J connectivity index is 2.23. The fourth-order valence-corrected chi connectivity index (χ4v) is 2.48.